The van der Waals surface area contributed by atoms with E-state index < -0.39 is 6.04 Å². The molecule has 0 aromatic carbocycles. The highest BCUT2D eigenvalue weighted by Crippen LogP contribution is 2.37. The molecule has 6 heteroatoms. The molecule has 6 nitrogen and oxygen atoms in total. The van der Waals surface area contributed by atoms with Crippen LogP contribution in [0.4, 0.5) is 4.79 Å². The van der Waals surface area contributed by atoms with Gasteiger partial charge in [0.15, 0.2) is 0 Å². The van der Waals surface area contributed by atoms with Crippen LogP contribution in [0.15, 0.2) is 0 Å². The van der Waals surface area contributed by atoms with E-state index in [9.17, 15) is 9.59 Å². The summed E-state index contributed by atoms with van der Waals surface area (Å²) >= 11 is 0. The predicted octanol–water partition coefficient (Wildman–Crippen LogP) is 1.71. The fourth-order valence-electron chi connectivity index (χ4n) is 3.65. The van der Waals surface area contributed by atoms with Gasteiger partial charge in [-0.1, -0.05) is 13.8 Å². The van der Waals surface area contributed by atoms with Crippen molar-refractivity contribution < 1.29 is 9.59 Å². The Morgan fingerprint density at radius 3 is 2.21 bits per heavy atom. The molecule has 0 aromatic rings. The highest BCUT2D eigenvalue weighted by atomic mass is 16.2. The third kappa shape index (κ3) is 4.85. The van der Waals surface area contributed by atoms with E-state index in [2.05, 4.69) is 16.0 Å². The highest BCUT2D eigenvalue weighted by molar-refractivity contribution is 5.87. The SMILES string of the molecule is CC(C)[C@H](NC(=O)NC(C)(C)C)C(=O)N1CCC2(CCNC2)CC1. The van der Waals surface area contributed by atoms with E-state index in [1.165, 1.54) is 6.42 Å². The lowest BCUT2D eigenvalue weighted by Gasteiger charge is -2.40. The average Bonchev–Trinajstić information content (AvgIpc) is 2.91. The van der Waals surface area contributed by atoms with Crippen molar-refractivity contribution in [3.63, 3.8) is 0 Å². The van der Waals surface area contributed by atoms with Gasteiger partial charge in [0.05, 0.1) is 0 Å². The Hall–Kier alpha value is -1.30. The molecule has 0 aliphatic carbocycles. The number of carbonyl (C=O) groups excluding carboxylic acids is 2. The van der Waals surface area contributed by atoms with Crippen molar-refractivity contribution in [3.8, 4) is 0 Å². The number of hydrogen-bond donors (Lipinski definition) is 3. The lowest BCUT2D eigenvalue weighted by molar-refractivity contribution is -0.136. The molecular formula is C18H34N4O2. The van der Waals surface area contributed by atoms with Crippen LogP contribution >= 0.6 is 0 Å². The second-order valence-electron chi connectivity index (χ2n) is 8.82. The van der Waals surface area contributed by atoms with E-state index in [-0.39, 0.29) is 23.4 Å². The summed E-state index contributed by atoms with van der Waals surface area (Å²) in [5.41, 5.74) is 0.0722. The van der Waals surface area contributed by atoms with Crippen LogP contribution < -0.4 is 16.0 Å². The molecule has 1 spiro atoms. The number of urea groups is 1. The molecular weight excluding hydrogens is 304 g/mol. The lowest BCUT2D eigenvalue weighted by Crippen LogP contribution is -2.57. The van der Waals surface area contributed by atoms with Gasteiger partial charge in [0.2, 0.25) is 5.91 Å². The number of amides is 3. The van der Waals surface area contributed by atoms with Crippen molar-refractivity contribution in [1.82, 2.24) is 20.9 Å². The minimum Gasteiger partial charge on any atom is -0.341 e. The van der Waals surface area contributed by atoms with Gasteiger partial charge >= 0.3 is 6.03 Å². The summed E-state index contributed by atoms with van der Waals surface area (Å²) in [6.07, 6.45) is 3.34. The van der Waals surface area contributed by atoms with Crippen LogP contribution in [-0.2, 0) is 4.79 Å². The number of nitrogens with one attached hydrogen (secondary N) is 3. The van der Waals surface area contributed by atoms with Crippen LogP contribution in [0.3, 0.4) is 0 Å². The minimum atomic E-state index is -0.469. The quantitative estimate of drug-likeness (QED) is 0.733. The molecule has 138 valence electrons. The molecule has 2 rings (SSSR count). The molecule has 3 N–H and O–H groups in total. The molecule has 24 heavy (non-hydrogen) atoms. The van der Waals surface area contributed by atoms with Gasteiger partial charge in [0.1, 0.15) is 6.04 Å². The van der Waals surface area contributed by atoms with E-state index >= 15 is 0 Å². The summed E-state index contributed by atoms with van der Waals surface area (Å²) in [6.45, 7) is 13.5. The number of nitrogens with zero attached hydrogens (tertiary/aromatic N) is 1. The van der Waals surface area contributed by atoms with Crippen LogP contribution in [0.25, 0.3) is 0 Å². The van der Waals surface area contributed by atoms with Gasteiger partial charge < -0.3 is 20.9 Å². The highest BCUT2D eigenvalue weighted by Gasteiger charge is 2.39. The maximum Gasteiger partial charge on any atom is 0.315 e. The van der Waals surface area contributed by atoms with Gasteiger partial charge in [0.25, 0.3) is 0 Å². The molecule has 0 bridgehead atoms. The van der Waals surface area contributed by atoms with Gasteiger partial charge in [-0.3, -0.25) is 4.79 Å². The normalized spacial score (nSPS) is 21.8. The van der Waals surface area contributed by atoms with Gasteiger partial charge in [-0.25, -0.2) is 4.79 Å². The van der Waals surface area contributed by atoms with Crippen LogP contribution in [0.5, 0.6) is 0 Å². The van der Waals surface area contributed by atoms with Gasteiger partial charge in [-0.05, 0) is 57.9 Å². The summed E-state index contributed by atoms with van der Waals surface area (Å²) in [5.74, 6) is 0.113. The molecule has 2 aliphatic heterocycles. The van der Waals surface area contributed by atoms with Crippen LogP contribution in [0, 0.1) is 11.3 Å². The first-order valence-electron chi connectivity index (χ1n) is 9.20. The topological polar surface area (TPSA) is 73.5 Å². The Morgan fingerprint density at radius 1 is 1.12 bits per heavy atom. The van der Waals surface area contributed by atoms with Gasteiger partial charge in [-0.15, -0.1) is 0 Å². The fourth-order valence-corrected chi connectivity index (χ4v) is 3.65. The number of likely N-dealkylation sites (tertiary alicyclic amines) is 1. The second kappa shape index (κ2) is 7.30. The molecule has 2 heterocycles. The van der Waals surface area contributed by atoms with Crippen molar-refractivity contribution in [2.75, 3.05) is 26.2 Å². The van der Waals surface area contributed by atoms with Crippen molar-refractivity contribution in [1.29, 1.82) is 0 Å². The van der Waals surface area contributed by atoms with Crippen molar-refractivity contribution in [3.05, 3.63) is 0 Å². The summed E-state index contributed by atoms with van der Waals surface area (Å²) < 4.78 is 0. The summed E-state index contributed by atoms with van der Waals surface area (Å²) in [4.78, 5) is 27.0. The Bertz CT molecular complexity index is 454. The molecule has 3 amide bonds. The first-order chi connectivity index (χ1) is 11.1. The summed E-state index contributed by atoms with van der Waals surface area (Å²) in [7, 11) is 0. The van der Waals surface area contributed by atoms with Gasteiger partial charge in [0, 0.05) is 25.2 Å². The fraction of sp³-hybridized carbons (Fsp3) is 0.889. The third-order valence-corrected chi connectivity index (χ3v) is 5.18. The smallest absolute Gasteiger partial charge is 0.315 e. The minimum absolute atomic E-state index is 0.0508. The molecule has 0 aromatic heterocycles. The number of hydrogen-bond acceptors (Lipinski definition) is 3. The molecule has 0 unspecified atom stereocenters. The zero-order chi connectivity index (χ0) is 18.0. The number of piperidine rings is 1. The standard InChI is InChI=1S/C18H34N4O2/c1-13(2)14(20-16(24)21-17(3,4)5)15(23)22-10-7-18(8-11-22)6-9-19-12-18/h13-14,19H,6-12H2,1-5H3,(H2,20,21,24)/t14-/m0/s1. The monoisotopic (exact) mass is 338 g/mol. The Balaban J connectivity index is 1.93. The second-order valence-corrected chi connectivity index (χ2v) is 8.82. The summed E-state index contributed by atoms with van der Waals surface area (Å²) in [6, 6.07) is -0.744. The van der Waals surface area contributed by atoms with Crippen LogP contribution in [-0.4, -0.2) is 54.6 Å². The Labute approximate surface area is 146 Å². The first kappa shape index (κ1) is 19.0. The first-order valence-corrected chi connectivity index (χ1v) is 9.20. The van der Waals surface area contributed by atoms with Crippen molar-refractivity contribution in [2.24, 2.45) is 11.3 Å². The molecule has 2 fully saturated rings. The molecule has 2 saturated heterocycles. The van der Waals surface area contributed by atoms with E-state index in [4.69, 9.17) is 0 Å². The molecule has 1 atom stereocenters. The van der Waals surface area contributed by atoms with E-state index in [0.717, 1.165) is 39.0 Å². The van der Waals surface area contributed by atoms with Crippen molar-refractivity contribution in [2.45, 2.75) is 65.5 Å². The van der Waals surface area contributed by atoms with E-state index in [1.807, 2.05) is 39.5 Å². The zero-order valence-corrected chi connectivity index (χ0v) is 15.9. The molecule has 0 radical (unpaired) electrons. The van der Waals surface area contributed by atoms with Crippen molar-refractivity contribution >= 4 is 11.9 Å². The van der Waals surface area contributed by atoms with E-state index in [0.29, 0.717) is 5.41 Å². The number of carbonyl (C=O) groups is 2. The maximum absolute atomic E-state index is 12.9. The average molecular weight is 338 g/mol. The predicted molar refractivity (Wildman–Crippen MR) is 95.8 cm³/mol. The summed E-state index contributed by atoms with van der Waals surface area (Å²) in [5, 5.41) is 9.20. The largest absolute Gasteiger partial charge is 0.341 e. The number of rotatable bonds is 3. The lowest BCUT2D eigenvalue weighted by atomic mass is 9.77. The van der Waals surface area contributed by atoms with E-state index in [1.54, 1.807) is 0 Å². The third-order valence-electron chi connectivity index (χ3n) is 5.18. The van der Waals surface area contributed by atoms with Gasteiger partial charge in [-0.2, -0.15) is 0 Å². The Morgan fingerprint density at radius 2 is 1.75 bits per heavy atom. The maximum atomic E-state index is 12.9. The molecule has 2 aliphatic rings. The Kier molecular flexibility index (Phi) is 5.78. The van der Waals surface area contributed by atoms with Crippen LogP contribution in [0.2, 0.25) is 0 Å². The zero-order valence-electron chi connectivity index (χ0n) is 15.9. The van der Waals surface area contributed by atoms with Crippen LogP contribution in [0.1, 0.15) is 53.9 Å². The molecule has 0 saturated carbocycles.